The molecule has 0 bridgehead atoms. The number of halogens is 2. The van der Waals surface area contributed by atoms with Gasteiger partial charge in [0, 0.05) is 11.8 Å². The summed E-state index contributed by atoms with van der Waals surface area (Å²) in [4.78, 5) is 7.89. The summed E-state index contributed by atoms with van der Waals surface area (Å²) >= 11 is 13.1. The van der Waals surface area contributed by atoms with E-state index < -0.39 is 0 Å². The first-order chi connectivity index (χ1) is 8.67. The lowest BCUT2D eigenvalue weighted by molar-refractivity contribution is 0.414. The van der Waals surface area contributed by atoms with Crippen LogP contribution in [0.15, 0.2) is 35.4 Å². The zero-order valence-corrected chi connectivity index (χ0v) is 11.9. The van der Waals surface area contributed by atoms with E-state index in [1.54, 1.807) is 24.9 Å². The Morgan fingerprint density at radius 3 is 2.50 bits per heavy atom. The summed E-state index contributed by atoms with van der Waals surface area (Å²) in [6, 6.07) is 9.57. The van der Waals surface area contributed by atoms with Crippen molar-refractivity contribution in [1.82, 2.24) is 9.97 Å². The molecule has 2 rings (SSSR count). The molecule has 0 amide bonds. The van der Waals surface area contributed by atoms with E-state index in [0.29, 0.717) is 5.15 Å². The van der Waals surface area contributed by atoms with E-state index in [-0.39, 0.29) is 5.28 Å². The van der Waals surface area contributed by atoms with Gasteiger partial charge in [-0.2, -0.15) is 0 Å². The number of benzene rings is 1. The van der Waals surface area contributed by atoms with Crippen LogP contribution in [-0.2, 0) is 5.75 Å². The predicted octanol–water partition coefficient (Wildman–Crippen LogP) is 4.08. The molecule has 18 heavy (non-hydrogen) atoms. The lowest BCUT2D eigenvalue weighted by Crippen LogP contribution is -1.88. The second-order valence-corrected chi connectivity index (χ2v) is 5.16. The lowest BCUT2D eigenvalue weighted by Gasteiger charge is -2.04. The van der Waals surface area contributed by atoms with E-state index in [9.17, 15) is 0 Å². The molecule has 1 heterocycles. The van der Waals surface area contributed by atoms with Gasteiger partial charge in [0.15, 0.2) is 0 Å². The number of nitrogens with zero attached hydrogens (tertiary/aromatic N) is 2. The largest absolute Gasteiger partial charge is 0.497 e. The molecule has 0 atom stereocenters. The summed E-state index contributed by atoms with van der Waals surface area (Å²) in [5.41, 5.74) is 1.17. The molecule has 3 nitrogen and oxygen atoms in total. The molecule has 0 saturated carbocycles. The maximum atomic E-state index is 5.81. The van der Waals surface area contributed by atoms with Gasteiger partial charge in [-0.3, -0.25) is 0 Å². The van der Waals surface area contributed by atoms with Gasteiger partial charge in [-0.25, -0.2) is 9.97 Å². The topological polar surface area (TPSA) is 35.0 Å². The van der Waals surface area contributed by atoms with E-state index in [4.69, 9.17) is 27.9 Å². The van der Waals surface area contributed by atoms with Crippen LogP contribution in [0.2, 0.25) is 10.4 Å². The zero-order valence-electron chi connectivity index (χ0n) is 9.56. The zero-order chi connectivity index (χ0) is 13.0. The van der Waals surface area contributed by atoms with Crippen molar-refractivity contribution in [2.45, 2.75) is 10.8 Å². The molecule has 0 unspecified atom stereocenters. The highest BCUT2D eigenvalue weighted by atomic mass is 35.5. The summed E-state index contributed by atoms with van der Waals surface area (Å²) in [6.07, 6.45) is 0. The lowest BCUT2D eigenvalue weighted by atomic mass is 10.2. The maximum Gasteiger partial charge on any atom is 0.224 e. The number of ether oxygens (including phenoxy) is 1. The van der Waals surface area contributed by atoms with Crippen LogP contribution in [0.25, 0.3) is 0 Å². The molecular weight excluding hydrogens is 291 g/mol. The molecule has 0 aliphatic carbocycles. The fourth-order valence-corrected chi connectivity index (χ4v) is 2.70. The van der Waals surface area contributed by atoms with Gasteiger partial charge in [-0.1, -0.05) is 23.7 Å². The Morgan fingerprint density at radius 2 is 1.89 bits per heavy atom. The van der Waals surface area contributed by atoms with Crippen molar-refractivity contribution in [3.05, 3.63) is 46.3 Å². The van der Waals surface area contributed by atoms with Crippen LogP contribution < -0.4 is 4.74 Å². The monoisotopic (exact) mass is 300 g/mol. The van der Waals surface area contributed by atoms with Crippen LogP contribution in [0.4, 0.5) is 0 Å². The van der Waals surface area contributed by atoms with Crippen LogP contribution >= 0.6 is 35.0 Å². The highest BCUT2D eigenvalue weighted by Gasteiger charge is 2.03. The molecular formula is C12H10Cl2N2OS. The number of hydrogen-bond acceptors (Lipinski definition) is 4. The van der Waals surface area contributed by atoms with E-state index in [1.807, 2.05) is 24.3 Å². The molecule has 1 aromatic heterocycles. The molecule has 0 radical (unpaired) electrons. The Morgan fingerprint density at radius 1 is 1.17 bits per heavy atom. The van der Waals surface area contributed by atoms with Crippen LogP contribution in [0, 0.1) is 0 Å². The van der Waals surface area contributed by atoms with Gasteiger partial charge in [0.25, 0.3) is 0 Å². The Balaban J connectivity index is 2.01. The van der Waals surface area contributed by atoms with Gasteiger partial charge in [0.05, 0.1) is 7.11 Å². The third-order valence-electron chi connectivity index (χ3n) is 2.19. The van der Waals surface area contributed by atoms with E-state index in [1.165, 1.54) is 5.56 Å². The molecule has 1 aromatic carbocycles. The SMILES string of the molecule is COc1ccc(CSc2cc(Cl)nc(Cl)n2)cc1. The normalized spacial score (nSPS) is 10.4. The van der Waals surface area contributed by atoms with Gasteiger partial charge in [-0.15, -0.1) is 11.8 Å². The van der Waals surface area contributed by atoms with Crippen LogP contribution in [0.3, 0.4) is 0 Å². The van der Waals surface area contributed by atoms with Gasteiger partial charge >= 0.3 is 0 Å². The van der Waals surface area contributed by atoms with E-state index >= 15 is 0 Å². The van der Waals surface area contributed by atoms with Gasteiger partial charge in [0.2, 0.25) is 5.28 Å². The van der Waals surface area contributed by atoms with E-state index in [2.05, 4.69) is 9.97 Å². The predicted molar refractivity (Wildman–Crippen MR) is 74.6 cm³/mol. The van der Waals surface area contributed by atoms with Crippen molar-refractivity contribution in [2.75, 3.05) is 7.11 Å². The third kappa shape index (κ3) is 3.77. The Labute approximate surface area is 120 Å². The Bertz CT molecular complexity index is 514. The Hall–Kier alpha value is -0.970. The van der Waals surface area contributed by atoms with Gasteiger partial charge < -0.3 is 4.74 Å². The summed E-state index contributed by atoms with van der Waals surface area (Å²) in [5.74, 6) is 1.63. The molecule has 2 aromatic rings. The molecule has 0 fully saturated rings. The standard InChI is InChI=1S/C12H10Cl2N2OS/c1-17-9-4-2-8(3-5-9)7-18-11-6-10(13)15-12(14)16-11/h2-6H,7H2,1H3. The van der Waals surface area contributed by atoms with Crippen molar-refractivity contribution in [2.24, 2.45) is 0 Å². The second-order valence-electron chi connectivity index (χ2n) is 3.43. The minimum Gasteiger partial charge on any atom is -0.497 e. The van der Waals surface area contributed by atoms with Gasteiger partial charge in [0.1, 0.15) is 15.9 Å². The summed E-state index contributed by atoms with van der Waals surface area (Å²) in [6.45, 7) is 0. The second kappa shape index (κ2) is 6.27. The van der Waals surface area contributed by atoms with Crippen LogP contribution in [-0.4, -0.2) is 17.1 Å². The molecule has 0 saturated heterocycles. The maximum absolute atomic E-state index is 5.81. The van der Waals surface area contributed by atoms with Gasteiger partial charge in [-0.05, 0) is 29.3 Å². The minimum absolute atomic E-state index is 0.166. The molecule has 94 valence electrons. The first kappa shape index (κ1) is 13.5. The quantitative estimate of drug-likeness (QED) is 0.484. The highest BCUT2D eigenvalue weighted by Crippen LogP contribution is 2.24. The smallest absolute Gasteiger partial charge is 0.224 e. The van der Waals surface area contributed by atoms with Crippen molar-refractivity contribution in [1.29, 1.82) is 0 Å². The average molecular weight is 301 g/mol. The molecule has 0 aliphatic heterocycles. The molecule has 0 aliphatic rings. The fourth-order valence-electron chi connectivity index (χ4n) is 1.32. The molecule has 0 spiro atoms. The Kier molecular flexibility index (Phi) is 4.69. The summed E-state index contributed by atoms with van der Waals surface area (Å²) in [5, 5.41) is 1.28. The molecule has 0 N–H and O–H groups in total. The number of hydrogen-bond donors (Lipinski definition) is 0. The van der Waals surface area contributed by atoms with Crippen molar-refractivity contribution < 1.29 is 4.74 Å². The summed E-state index contributed by atoms with van der Waals surface area (Å²) < 4.78 is 5.10. The number of methoxy groups -OCH3 is 1. The van der Waals surface area contributed by atoms with Crippen molar-refractivity contribution in [3.63, 3.8) is 0 Å². The minimum atomic E-state index is 0.166. The highest BCUT2D eigenvalue weighted by molar-refractivity contribution is 7.98. The van der Waals surface area contributed by atoms with Crippen LogP contribution in [0.1, 0.15) is 5.56 Å². The van der Waals surface area contributed by atoms with E-state index in [0.717, 1.165) is 16.5 Å². The van der Waals surface area contributed by atoms with Crippen molar-refractivity contribution in [3.8, 4) is 5.75 Å². The van der Waals surface area contributed by atoms with Crippen molar-refractivity contribution >= 4 is 35.0 Å². The molecule has 6 heteroatoms. The van der Waals surface area contributed by atoms with Crippen LogP contribution in [0.5, 0.6) is 5.75 Å². The first-order valence-electron chi connectivity index (χ1n) is 5.13. The average Bonchev–Trinajstić information content (AvgIpc) is 2.36. The fraction of sp³-hybridized carbons (Fsp3) is 0.167. The number of rotatable bonds is 4. The third-order valence-corrected chi connectivity index (χ3v) is 3.54. The number of aromatic nitrogens is 2. The summed E-state index contributed by atoms with van der Waals surface area (Å²) in [7, 11) is 1.65. The first-order valence-corrected chi connectivity index (χ1v) is 6.87. The number of thioether (sulfide) groups is 1.